The van der Waals surface area contributed by atoms with Crippen molar-refractivity contribution in [2.75, 3.05) is 20.1 Å². The number of hydrogen-bond donors (Lipinski definition) is 1. The van der Waals surface area contributed by atoms with Gasteiger partial charge in [-0.3, -0.25) is 0 Å². The van der Waals surface area contributed by atoms with Crippen LogP contribution >= 0.6 is 0 Å². The molecule has 120 valence electrons. The summed E-state index contributed by atoms with van der Waals surface area (Å²) in [5, 5.41) is 3.40. The molecule has 0 amide bonds. The highest BCUT2D eigenvalue weighted by atomic mass is 19.3. The fourth-order valence-corrected chi connectivity index (χ4v) is 1.98. The zero-order valence-corrected chi connectivity index (χ0v) is 13.3. The third kappa shape index (κ3) is 6.87. The SMILES string of the molecule is CC(NCCCN(C)C(C)C)c1cccc(OC(F)F)c1. The van der Waals surface area contributed by atoms with E-state index in [-0.39, 0.29) is 11.8 Å². The van der Waals surface area contributed by atoms with Gasteiger partial charge in [-0.05, 0) is 65.0 Å². The Labute approximate surface area is 126 Å². The monoisotopic (exact) mass is 300 g/mol. The van der Waals surface area contributed by atoms with Crippen LogP contribution < -0.4 is 10.1 Å². The highest BCUT2D eigenvalue weighted by molar-refractivity contribution is 5.30. The Hall–Kier alpha value is -1.20. The van der Waals surface area contributed by atoms with E-state index in [9.17, 15) is 8.78 Å². The van der Waals surface area contributed by atoms with Crippen molar-refractivity contribution in [3.05, 3.63) is 29.8 Å². The molecule has 21 heavy (non-hydrogen) atoms. The molecule has 0 fully saturated rings. The molecule has 0 radical (unpaired) electrons. The van der Waals surface area contributed by atoms with Crippen molar-refractivity contribution >= 4 is 0 Å². The molecule has 1 rings (SSSR count). The summed E-state index contributed by atoms with van der Waals surface area (Å²) in [6.45, 7) is 5.50. The molecule has 1 aromatic carbocycles. The van der Waals surface area contributed by atoms with Crippen LogP contribution in [0.15, 0.2) is 24.3 Å². The number of nitrogens with zero attached hydrogens (tertiary/aromatic N) is 1. The standard InChI is InChI=1S/C16H26F2N2O/c1-12(2)20(4)10-6-9-19-13(3)14-7-5-8-15(11-14)21-16(17)18/h5,7-8,11-13,16,19H,6,9-10H2,1-4H3. The first-order valence-electron chi connectivity index (χ1n) is 7.38. The Morgan fingerprint density at radius 1 is 1.24 bits per heavy atom. The van der Waals surface area contributed by atoms with Gasteiger partial charge in [-0.2, -0.15) is 8.78 Å². The molecule has 0 saturated heterocycles. The summed E-state index contributed by atoms with van der Waals surface area (Å²) in [5.41, 5.74) is 0.949. The van der Waals surface area contributed by atoms with Crippen molar-refractivity contribution in [2.24, 2.45) is 0 Å². The smallest absolute Gasteiger partial charge is 0.387 e. The number of hydrogen-bond acceptors (Lipinski definition) is 3. The number of benzene rings is 1. The average Bonchev–Trinajstić information content (AvgIpc) is 2.42. The van der Waals surface area contributed by atoms with E-state index in [4.69, 9.17) is 0 Å². The summed E-state index contributed by atoms with van der Waals surface area (Å²) >= 11 is 0. The summed E-state index contributed by atoms with van der Waals surface area (Å²) in [7, 11) is 2.11. The molecule has 0 aromatic heterocycles. The summed E-state index contributed by atoms with van der Waals surface area (Å²) in [4.78, 5) is 2.30. The molecule has 1 aromatic rings. The Kier molecular flexibility index (Phi) is 7.61. The molecule has 0 aliphatic heterocycles. The fourth-order valence-electron chi connectivity index (χ4n) is 1.98. The number of ether oxygens (including phenoxy) is 1. The molecule has 0 spiro atoms. The van der Waals surface area contributed by atoms with Crippen LogP contribution in [-0.2, 0) is 0 Å². The van der Waals surface area contributed by atoms with Gasteiger partial charge in [0.15, 0.2) is 0 Å². The van der Waals surface area contributed by atoms with Gasteiger partial charge in [0.25, 0.3) is 0 Å². The molecule has 1 N–H and O–H groups in total. The maximum Gasteiger partial charge on any atom is 0.387 e. The molecule has 0 saturated carbocycles. The van der Waals surface area contributed by atoms with Crippen LogP contribution in [-0.4, -0.2) is 37.7 Å². The van der Waals surface area contributed by atoms with Crippen LogP contribution in [0.5, 0.6) is 5.75 Å². The molecule has 0 heterocycles. The van der Waals surface area contributed by atoms with Gasteiger partial charge in [0.2, 0.25) is 0 Å². The minimum atomic E-state index is -2.78. The van der Waals surface area contributed by atoms with Crippen molar-refractivity contribution in [1.82, 2.24) is 10.2 Å². The fraction of sp³-hybridized carbons (Fsp3) is 0.625. The maximum atomic E-state index is 12.2. The first kappa shape index (κ1) is 17.9. The molecule has 1 atom stereocenters. The van der Waals surface area contributed by atoms with Crippen LogP contribution in [0.4, 0.5) is 8.78 Å². The molecular formula is C16H26F2N2O. The lowest BCUT2D eigenvalue weighted by Gasteiger charge is -2.21. The molecule has 5 heteroatoms. The van der Waals surface area contributed by atoms with E-state index in [1.165, 1.54) is 0 Å². The Balaban J connectivity index is 2.39. The summed E-state index contributed by atoms with van der Waals surface area (Å²) in [5.74, 6) is 0.204. The highest BCUT2D eigenvalue weighted by Crippen LogP contribution is 2.20. The average molecular weight is 300 g/mol. The Morgan fingerprint density at radius 2 is 1.95 bits per heavy atom. The molecular weight excluding hydrogens is 274 g/mol. The zero-order valence-electron chi connectivity index (χ0n) is 13.3. The minimum Gasteiger partial charge on any atom is -0.435 e. The summed E-state index contributed by atoms with van der Waals surface area (Å²) < 4.78 is 28.8. The number of rotatable bonds is 9. The van der Waals surface area contributed by atoms with Crippen LogP contribution in [0.25, 0.3) is 0 Å². The van der Waals surface area contributed by atoms with E-state index >= 15 is 0 Å². The second kappa shape index (κ2) is 8.95. The van der Waals surface area contributed by atoms with Crippen molar-refractivity contribution in [3.63, 3.8) is 0 Å². The summed E-state index contributed by atoms with van der Waals surface area (Å²) in [6, 6.07) is 7.50. The van der Waals surface area contributed by atoms with Gasteiger partial charge in [0.1, 0.15) is 5.75 Å². The predicted molar refractivity (Wildman–Crippen MR) is 81.9 cm³/mol. The van der Waals surface area contributed by atoms with Crippen molar-refractivity contribution in [2.45, 2.75) is 45.9 Å². The first-order valence-corrected chi connectivity index (χ1v) is 7.38. The minimum absolute atomic E-state index is 0.107. The lowest BCUT2D eigenvalue weighted by atomic mass is 10.1. The van der Waals surface area contributed by atoms with Crippen LogP contribution in [0.3, 0.4) is 0 Å². The van der Waals surface area contributed by atoms with E-state index in [0.29, 0.717) is 6.04 Å². The van der Waals surface area contributed by atoms with Crippen LogP contribution in [0.2, 0.25) is 0 Å². The molecule has 1 unspecified atom stereocenters. The highest BCUT2D eigenvalue weighted by Gasteiger charge is 2.09. The zero-order chi connectivity index (χ0) is 15.8. The normalized spacial score (nSPS) is 13.2. The Bertz CT molecular complexity index is 413. The largest absolute Gasteiger partial charge is 0.435 e. The third-order valence-electron chi connectivity index (χ3n) is 3.60. The molecule has 0 aliphatic carbocycles. The van der Waals surface area contributed by atoms with Crippen molar-refractivity contribution in [3.8, 4) is 5.75 Å². The van der Waals surface area contributed by atoms with Crippen molar-refractivity contribution < 1.29 is 13.5 Å². The van der Waals surface area contributed by atoms with Gasteiger partial charge >= 0.3 is 6.61 Å². The van der Waals surface area contributed by atoms with Crippen LogP contribution in [0, 0.1) is 0 Å². The molecule has 0 bridgehead atoms. The van der Waals surface area contributed by atoms with Gasteiger partial charge in [-0.15, -0.1) is 0 Å². The number of nitrogens with one attached hydrogen (secondary N) is 1. The molecule has 3 nitrogen and oxygen atoms in total. The summed E-state index contributed by atoms with van der Waals surface area (Å²) in [6.07, 6.45) is 1.05. The van der Waals surface area contributed by atoms with E-state index < -0.39 is 6.61 Å². The molecule has 0 aliphatic rings. The second-order valence-electron chi connectivity index (χ2n) is 5.55. The van der Waals surface area contributed by atoms with Crippen molar-refractivity contribution in [1.29, 1.82) is 0 Å². The van der Waals surface area contributed by atoms with E-state index in [2.05, 4.69) is 35.8 Å². The third-order valence-corrected chi connectivity index (χ3v) is 3.60. The maximum absolute atomic E-state index is 12.2. The first-order chi connectivity index (χ1) is 9.90. The number of halogens is 2. The Morgan fingerprint density at radius 3 is 2.57 bits per heavy atom. The van der Waals surface area contributed by atoms with Gasteiger partial charge in [0, 0.05) is 12.1 Å². The van der Waals surface area contributed by atoms with E-state index in [1.54, 1.807) is 18.2 Å². The lowest BCUT2D eigenvalue weighted by Crippen LogP contribution is -2.30. The van der Waals surface area contributed by atoms with Gasteiger partial charge in [-0.25, -0.2) is 0 Å². The van der Waals surface area contributed by atoms with Gasteiger partial charge < -0.3 is 15.0 Å². The van der Waals surface area contributed by atoms with Crippen LogP contribution in [0.1, 0.15) is 38.8 Å². The van der Waals surface area contributed by atoms with Gasteiger partial charge in [-0.1, -0.05) is 12.1 Å². The number of alkyl halides is 2. The topological polar surface area (TPSA) is 24.5 Å². The quantitative estimate of drug-likeness (QED) is 0.704. The lowest BCUT2D eigenvalue weighted by molar-refractivity contribution is -0.0499. The van der Waals surface area contributed by atoms with Gasteiger partial charge in [0.05, 0.1) is 0 Å². The second-order valence-corrected chi connectivity index (χ2v) is 5.55. The van der Waals surface area contributed by atoms with E-state index in [0.717, 1.165) is 25.1 Å². The predicted octanol–water partition coefficient (Wildman–Crippen LogP) is 3.67. The van der Waals surface area contributed by atoms with E-state index in [1.807, 2.05) is 13.0 Å².